The largest absolute Gasteiger partial charge is 0.488 e. The number of para-hydroxylation sites is 1. The molecule has 0 bridgehead atoms. The number of hydrogen-bond acceptors (Lipinski definition) is 4. The number of hydrogen-bond donors (Lipinski definition) is 0. The second-order valence-electron chi connectivity index (χ2n) is 6.00. The summed E-state index contributed by atoms with van der Waals surface area (Å²) in [5.41, 5.74) is 2.38. The molecule has 0 radical (unpaired) electrons. The van der Waals surface area contributed by atoms with Gasteiger partial charge in [-0.2, -0.15) is 0 Å². The van der Waals surface area contributed by atoms with Gasteiger partial charge in [0, 0.05) is 13.2 Å². The molecule has 0 saturated heterocycles. The molecule has 3 aromatic rings. The molecule has 0 N–H and O–H groups in total. The summed E-state index contributed by atoms with van der Waals surface area (Å²) in [7, 11) is 1.77. The second kappa shape index (κ2) is 8.25. The van der Waals surface area contributed by atoms with E-state index >= 15 is 0 Å². The van der Waals surface area contributed by atoms with Crippen LogP contribution in [0.3, 0.4) is 0 Å². The van der Waals surface area contributed by atoms with Gasteiger partial charge in [0.1, 0.15) is 18.7 Å². The van der Waals surface area contributed by atoms with E-state index in [1.165, 1.54) is 6.33 Å². The maximum absolute atomic E-state index is 13.0. The lowest BCUT2D eigenvalue weighted by Crippen LogP contribution is -2.30. The first kappa shape index (κ1) is 17.6. The van der Waals surface area contributed by atoms with Gasteiger partial charge in [0.2, 0.25) is 0 Å². The molecule has 0 aliphatic carbocycles. The van der Waals surface area contributed by atoms with Gasteiger partial charge < -0.3 is 9.64 Å². The molecular formula is C21H21N3O2. The summed E-state index contributed by atoms with van der Waals surface area (Å²) >= 11 is 0. The molecule has 0 unspecified atom stereocenters. The smallest absolute Gasteiger partial charge is 0.257 e. The molecule has 1 aromatic heterocycles. The third-order valence-corrected chi connectivity index (χ3v) is 4.29. The number of rotatable bonds is 6. The van der Waals surface area contributed by atoms with E-state index in [0.29, 0.717) is 17.9 Å². The quantitative estimate of drug-likeness (QED) is 0.679. The number of ether oxygens (including phenoxy) is 1. The van der Waals surface area contributed by atoms with Crippen molar-refractivity contribution >= 4 is 5.91 Å². The molecule has 5 nitrogen and oxygen atoms in total. The Labute approximate surface area is 153 Å². The lowest BCUT2D eigenvalue weighted by molar-refractivity contribution is 0.0734. The molecule has 0 spiro atoms. The molecule has 0 aliphatic heterocycles. The first-order valence-electron chi connectivity index (χ1n) is 8.45. The predicted molar refractivity (Wildman–Crippen MR) is 99.8 cm³/mol. The summed E-state index contributed by atoms with van der Waals surface area (Å²) in [6.07, 6.45) is 3.16. The Kier molecular flexibility index (Phi) is 5.59. The number of aromatic nitrogens is 2. The zero-order chi connectivity index (χ0) is 18.4. The van der Waals surface area contributed by atoms with Crippen LogP contribution in [-0.2, 0) is 6.61 Å². The molecule has 2 aromatic carbocycles. The van der Waals surface area contributed by atoms with Crippen molar-refractivity contribution in [2.24, 2.45) is 0 Å². The van der Waals surface area contributed by atoms with E-state index in [-0.39, 0.29) is 11.9 Å². The van der Waals surface area contributed by atoms with Gasteiger partial charge in [-0.3, -0.25) is 4.79 Å². The van der Waals surface area contributed by atoms with Crippen molar-refractivity contribution < 1.29 is 9.53 Å². The van der Waals surface area contributed by atoms with Crippen LogP contribution in [0.15, 0.2) is 73.2 Å². The van der Waals surface area contributed by atoms with Gasteiger partial charge in [-0.1, -0.05) is 42.5 Å². The fraction of sp³-hybridized carbons (Fsp3) is 0.190. The van der Waals surface area contributed by atoms with Crippen molar-refractivity contribution in [1.29, 1.82) is 0 Å². The van der Waals surface area contributed by atoms with Gasteiger partial charge in [0.25, 0.3) is 5.91 Å². The number of carbonyl (C=O) groups excluding carboxylic acids is 1. The van der Waals surface area contributed by atoms with Crippen LogP contribution in [0.5, 0.6) is 5.75 Å². The molecule has 0 aliphatic rings. The predicted octanol–water partition coefficient (Wildman–Crippen LogP) is 3.89. The van der Waals surface area contributed by atoms with Crippen LogP contribution in [-0.4, -0.2) is 27.8 Å². The first-order chi connectivity index (χ1) is 12.7. The molecule has 5 heteroatoms. The highest BCUT2D eigenvalue weighted by atomic mass is 16.5. The number of carbonyl (C=O) groups is 1. The fourth-order valence-electron chi connectivity index (χ4n) is 2.62. The summed E-state index contributed by atoms with van der Waals surface area (Å²) in [5, 5.41) is 0. The van der Waals surface area contributed by atoms with Crippen LogP contribution in [0.1, 0.15) is 34.6 Å². The standard InChI is InChI=1S/C21H21N3O2/c1-16(19-12-13-22-15-23-19)24(2)21(25)18-10-6-7-11-20(18)26-14-17-8-4-3-5-9-17/h3-13,15-16H,14H2,1-2H3/t16-/m1/s1. The third kappa shape index (κ3) is 4.06. The topological polar surface area (TPSA) is 55.3 Å². The molecule has 3 rings (SSSR count). The van der Waals surface area contributed by atoms with E-state index in [1.54, 1.807) is 24.2 Å². The Morgan fingerprint density at radius 2 is 1.81 bits per heavy atom. The highest BCUT2D eigenvalue weighted by Gasteiger charge is 2.22. The van der Waals surface area contributed by atoms with Crippen molar-refractivity contribution in [3.63, 3.8) is 0 Å². The second-order valence-corrected chi connectivity index (χ2v) is 6.00. The Morgan fingerprint density at radius 3 is 2.54 bits per heavy atom. The van der Waals surface area contributed by atoms with Gasteiger partial charge in [0.05, 0.1) is 17.3 Å². The van der Waals surface area contributed by atoms with Crippen LogP contribution in [0.2, 0.25) is 0 Å². The van der Waals surface area contributed by atoms with Gasteiger partial charge in [-0.15, -0.1) is 0 Å². The van der Waals surface area contributed by atoms with Gasteiger partial charge in [0.15, 0.2) is 0 Å². The summed E-state index contributed by atoms with van der Waals surface area (Å²) in [6.45, 7) is 2.35. The molecule has 132 valence electrons. The van der Waals surface area contributed by atoms with Crippen molar-refractivity contribution in [3.8, 4) is 5.75 Å². The maximum atomic E-state index is 13.0. The number of nitrogens with zero attached hydrogens (tertiary/aromatic N) is 3. The lowest BCUT2D eigenvalue weighted by Gasteiger charge is -2.25. The summed E-state index contributed by atoms with van der Waals surface area (Å²) in [6, 6.07) is 18.8. The first-order valence-corrected chi connectivity index (χ1v) is 8.45. The molecule has 1 heterocycles. The molecular weight excluding hydrogens is 326 g/mol. The van der Waals surface area contributed by atoms with E-state index < -0.39 is 0 Å². The minimum absolute atomic E-state index is 0.111. The Morgan fingerprint density at radius 1 is 1.08 bits per heavy atom. The van der Waals surface area contributed by atoms with Gasteiger partial charge in [-0.25, -0.2) is 9.97 Å². The molecule has 0 saturated carbocycles. The summed E-state index contributed by atoms with van der Waals surface area (Å²) in [5.74, 6) is 0.461. The number of amides is 1. The van der Waals surface area contributed by atoms with Crippen LogP contribution in [0.4, 0.5) is 0 Å². The highest BCUT2D eigenvalue weighted by molar-refractivity contribution is 5.97. The minimum atomic E-state index is -0.173. The highest BCUT2D eigenvalue weighted by Crippen LogP contribution is 2.24. The van der Waals surface area contributed by atoms with Crippen molar-refractivity contribution in [1.82, 2.24) is 14.9 Å². The zero-order valence-corrected chi connectivity index (χ0v) is 14.9. The summed E-state index contributed by atoms with van der Waals surface area (Å²) < 4.78 is 5.91. The third-order valence-electron chi connectivity index (χ3n) is 4.29. The van der Waals surface area contributed by atoms with E-state index in [2.05, 4.69) is 9.97 Å². The maximum Gasteiger partial charge on any atom is 0.257 e. The van der Waals surface area contributed by atoms with E-state index in [1.807, 2.05) is 61.5 Å². The average Bonchev–Trinajstić information content (AvgIpc) is 2.72. The van der Waals surface area contributed by atoms with E-state index in [4.69, 9.17) is 4.74 Å². The Bertz CT molecular complexity index is 853. The van der Waals surface area contributed by atoms with Crippen LogP contribution < -0.4 is 4.74 Å². The van der Waals surface area contributed by atoms with Crippen LogP contribution >= 0.6 is 0 Å². The minimum Gasteiger partial charge on any atom is -0.488 e. The number of benzene rings is 2. The SMILES string of the molecule is C[C@H](c1ccncn1)N(C)C(=O)c1ccccc1OCc1ccccc1. The van der Waals surface area contributed by atoms with Crippen LogP contribution in [0, 0.1) is 0 Å². The zero-order valence-electron chi connectivity index (χ0n) is 14.9. The Hall–Kier alpha value is -3.21. The van der Waals surface area contributed by atoms with E-state index in [9.17, 15) is 4.79 Å². The van der Waals surface area contributed by atoms with E-state index in [0.717, 1.165) is 11.3 Å². The molecule has 1 amide bonds. The van der Waals surface area contributed by atoms with Crippen LogP contribution in [0.25, 0.3) is 0 Å². The average molecular weight is 347 g/mol. The van der Waals surface area contributed by atoms with Crippen molar-refractivity contribution in [2.75, 3.05) is 7.05 Å². The normalized spacial score (nSPS) is 11.6. The van der Waals surface area contributed by atoms with Crippen molar-refractivity contribution in [2.45, 2.75) is 19.6 Å². The molecule has 0 fully saturated rings. The Balaban J connectivity index is 1.77. The van der Waals surface area contributed by atoms with Crippen molar-refractivity contribution in [3.05, 3.63) is 90.0 Å². The monoisotopic (exact) mass is 347 g/mol. The fourth-order valence-corrected chi connectivity index (χ4v) is 2.62. The molecule has 26 heavy (non-hydrogen) atoms. The summed E-state index contributed by atoms with van der Waals surface area (Å²) in [4.78, 5) is 22.8. The van der Waals surface area contributed by atoms with Gasteiger partial charge in [-0.05, 0) is 30.7 Å². The molecule has 1 atom stereocenters. The van der Waals surface area contributed by atoms with Gasteiger partial charge >= 0.3 is 0 Å². The lowest BCUT2D eigenvalue weighted by atomic mass is 10.1.